The summed E-state index contributed by atoms with van der Waals surface area (Å²) in [6.45, 7) is 7.97. The van der Waals surface area contributed by atoms with Crippen molar-refractivity contribution in [2.24, 2.45) is 0 Å². The molecule has 0 unspecified atom stereocenters. The van der Waals surface area contributed by atoms with Crippen LogP contribution in [0.1, 0.15) is 17.3 Å². The van der Waals surface area contributed by atoms with Gasteiger partial charge in [-0.3, -0.25) is 9.69 Å². The quantitative estimate of drug-likeness (QED) is 0.870. The first-order valence-electron chi connectivity index (χ1n) is 7.70. The molecule has 122 valence electrons. The molecule has 1 saturated heterocycles. The molecule has 0 bridgehead atoms. The van der Waals surface area contributed by atoms with Crippen molar-refractivity contribution in [2.45, 2.75) is 6.92 Å². The number of ether oxygens (including phenoxy) is 1. The molecule has 1 aromatic carbocycles. The molecule has 2 rings (SSSR count). The summed E-state index contributed by atoms with van der Waals surface area (Å²) < 4.78 is 5.33. The molecule has 0 aliphatic carbocycles. The molecule has 0 saturated carbocycles. The highest BCUT2D eigenvalue weighted by Crippen LogP contribution is 2.23. The fraction of sp³-hybridized carbons (Fsp3) is 0.562. The lowest BCUT2D eigenvalue weighted by atomic mass is 10.2. The van der Waals surface area contributed by atoms with E-state index in [1.165, 1.54) is 0 Å². The molecule has 0 spiro atoms. The Bertz CT molecular complexity index is 504. The molecule has 1 aromatic rings. The van der Waals surface area contributed by atoms with E-state index in [-0.39, 0.29) is 5.91 Å². The van der Waals surface area contributed by atoms with Gasteiger partial charge in [-0.25, -0.2) is 0 Å². The van der Waals surface area contributed by atoms with E-state index in [1.54, 1.807) is 18.0 Å². The van der Waals surface area contributed by atoms with Gasteiger partial charge < -0.3 is 15.0 Å². The van der Waals surface area contributed by atoms with Crippen LogP contribution < -0.4 is 5.32 Å². The van der Waals surface area contributed by atoms with E-state index >= 15 is 0 Å². The Balaban J connectivity index is 1.88. The van der Waals surface area contributed by atoms with Crippen LogP contribution in [0.15, 0.2) is 18.2 Å². The van der Waals surface area contributed by atoms with Gasteiger partial charge in [0.25, 0.3) is 5.91 Å². The highest BCUT2D eigenvalue weighted by molar-refractivity contribution is 6.33. The van der Waals surface area contributed by atoms with Gasteiger partial charge in [-0.2, -0.15) is 0 Å². The lowest BCUT2D eigenvalue weighted by molar-refractivity contribution is 0.0398. The monoisotopic (exact) mass is 325 g/mol. The maximum Gasteiger partial charge on any atom is 0.253 e. The van der Waals surface area contributed by atoms with Crippen molar-refractivity contribution in [1.29, 1.82) is 0 Å². The minimum absolute atomic E-state index is 0.00994. The number of hydrogen-bond acceptors (Lipinski definition) is 4. The van der Waals surface area contributed by atoms with Gasteiger partial charge >= 0.3 is 0 Å². The first-order chi connectivity index (χ1) is 10.6. The second kappa shape index (κ2) is 8.36. The van der Waals surface area contributed by atoms with Gasteiger partial charge in [-0.1, -0.05) is 11.6 Å². The Morgan fingerprint density at radius 2 is 2.14 bits per heavy atom. The number of carbonyl (C=O) groups is 1. The van der Waals surface area contributed by atoms with Gasteiger partial charge in [0.2, 0.25) is 0 Å². The summed E-state index contributed by atoms with van der Waals surface area (Å²) in [5, 5.41) is 3.91. The lowest BCUT2D eigenvalue weighted by Gasteiger charge is -2.26. The second-order valence-electron chi connectivity index (χ2n) is 5.39. The highest BCUT2D eigenvalue weighted by Gasteiger charge is 2.13. The number of morpholine rings is 1. The third kappa shape index (κ3) is 4.60. The third-order valence-electron chi connectivity index (χ3n) is 3.88. The molecule has 0 radical (unpaired) electrons. The van der Waals surface area contributed by atoms with Crippen LogP contribution >= 0.6 is 11.6 Å². The standard InChI is InChI=1S/C16H24ClN3O2/c1-3-19(2)16(21)13-4-5-15(14(17)12-13)18-6-7-20-8-10-22-11-9-20/h4-5,12,18H,3,6-11H2,1-2H3. The largest absolute Gasteiger partial charge is 0.383 e. The summed E-state index contributed by atoms with van der Waals surface area (Å²) in [5.74, 6) is -0.00994. The molecular formula is C16H24ClN3O2. The molecule has 0 atom stereocenters. The second-order valence-corrected chi connectivity index (χ2v) is 5.80. The zero-order valence-corrected chi connectivity index (χ0v) is 14.0. The van der Waals surface area contributed by atoms with Crippen LogP contribution in [0, 0.1) is 0 Å². The van der Waals surface area contributed by atoms with Crippen LogP contribution in [0.5, 0.6) is 0 Å². The first-order valence-corrected chi connectivity index (χ1v) is 8.08. The van der Waals surface area contributed by atoms with Crippen molar-refractivity contribution in [1.82, 2.24) is 9.80 Å². The van der Waals surface area contributed by atoms with Gasteiger partial charge in [0.05, 0.1) is 23.9 Å². The molecule has 1 aliphatic heterocycles. The number of hydrogen-bond donors (Lipinski definition) is 1. The number of amides is 1. The van der Waals surface area contributed by atoms with Crippen LogP contribution in [0.2, 0.25) is 5.02 Å². The molecule has 22 heavy (non-hydrogen) atoms. The number of anilines is 1. The Labute approximate surface area is 137 Å². The van der Waals surface area contributed by atoms with Crippen molar-refractivity contribution >= 4 is 23.2 Å². The Morgan fingerprint density at radius 3 is 2.77 bits per heavy atom. The van der Waals surface area contributed by atoms with Crippen LogP contribution in [0.4, 0.5) is 5.69 Å². The Hall–Kier alpha value is -1.30. The predicted molar refractivity (Wildman–Crippen MR) is 89.8 cm³/mol. The third-order valence-corrected chi connectivity index (χ3v) is 4.20. The summed E-state index contributed by atoms with van der Waals surface area (Å²) in [6, 6.07) is 5.42. The number of rotatable bonds is 6. The zero-order chi connectivity index (χ0) is 15.9. The van der Waals surface area contributed by atoms with Crippen molar-refractivity contribution < 1.29 is 9.53 Å². The minimum atomic E-state index is -0.00994. The van der Waals surface area contributed by atoms with Crippen molar-refractivity contribution in [2.75, 3.05) is 58.3 Å². The highest BCUT2D eigenvalue weighted by atomic mass is 35.5. The SMILES string of the molecule is CCN(C)C(=O)c1ccc(NCCN2CCOCC2)c(Cl)c1. The number of nitrogens with zero attached hydrogens (tertiary/aromatic N) is 2. The molecule has 1 fully saturated rings. The molecule has 5 nitrogen and oxygen atoms in total. The van der Waals surface area contributed by atoms with E-state index in [0.29, 0.717) is 17.1 Å². The molecule has 1 aliphatic rings. The van der Waals surface area contributed by atoms with Crippen LogP contribution in [0.25, 0.3) is 0 Å². The summed E-state index contributed by atoms with van der Waals surface area (Å²) in [4.78, 5) is 16.1. The topological polar surface area (TPSA) is 44.8 Å². The molecule has 0 aromatic heterocycles. The number of benzene rings is 1. The van der Waals surface area contributed by atoms with Crippen molar-refractivity contribution in [3.8, 4) is 0 Å². The molecule has 1 N–H and O–H groups in total. The zero-order valence-electron chi connectivity index (χ0n) is 13.3. The number of nitrogens with one attached hydrogen (secondary N) is 1. The van der Waals surface area contributed by atoms with E-state index < -0.39 is 0 Å². The number of halogens is 1. The fourth-order valence-electron chi connectivity index (χ4n) is 2.33. The van der Waals surface area contributed by atoms with Crippen LogP contribution in [0.3, 0.4) is 0 Å². The molecule has 1 heterocycles. The fourth-order valence-corrected chi connectivity index (χ4v) is 2.58. The normalized spacial score (nSPS) is 15.6. The first kappa shape index (κ1) is 17.1. The maximum atomic E-state index is 12.1. The van der Waals surface area contributed by atoms with Crippen molar-refractivity contribution in [3.63, 3.8) is 0 Å². The van der Waals surface area contributed by atoms with E-state index in [0.717, 1.165) is 45.1 Å². The summed E-state index contributed by atoms with van der Waals surface area (Å²) >= 11 is 6.28. The van der Waals surface area contributed by atoms with Crippen molar-refractivity contribution in [3.05, 3.63) is 28.8 Å². The van der Waals surface area contributed by atoms with Gasteiger partial charge in [0.1, 0.15) is 0 Å². The van der Waals surface area contributed by atoms with E-state index in [4.69, 9.17) is 16.3 Å². The molecule has 6 heteroatoms. The van der Waals surface area contributed by atoms with E-state index in [1.807, 2.05) is 19.1 Å². The summed E-state index contributed by atoms with van der Waals surface area (Å²) in [6.07, 6.45) is 0. The van der Waals surface area contributed by atoms with Gasteiger partial charge in [-0.15, -0.1) is 0 Å². The summed E-state index contributed by atoms with van der Waals surface area (Å²) in [5.41, 5.74) is 1.48. The predicted octanol–water partition coefficient (Wildman–Crippen LogP) is 2.18. The van der Waals surface area contributed by atoms with Gasteiger partial charge in [0.15, 0.2) is 0 Å². The lowest BCUT2D eigenvalue weighted by Crippen LogP contribution is -2.39. The van der Waals surface area contributed by atoms with Crippen LogP contribution in [-0.2, 0) is 4.74 Å². The maximum absolute atomic E-state index is 12.1. The Kier molecular flexibility index (Phi) is 6.49. The number of carbonyl (C=O) groups excluding carboxylic acids is 1. The summed E-state index contributed by atoms with van der Waals surface area (Å²) in [7, 11) is 1.78. The minimum Gasteiger partial charge on any atom is -0.383 e. The molecular weight excluding hydrogens is 302 g/mol. The smallest absolute Gasteiger partial charge is 0.253 e. The Morgan fingerprint density at radius 1 is 1.41 bits per heavy atom. The molecule has 1 amide bonds. The average molecular weight is 326 g/mol. The van der Waals surface area contributed by atoms with Gasteiger partial charge in [0, 0.05) is 45.3 Å². The van der Waals surface area contributed by atoms with Gasteiger partial charge in [-0.05, 0) is 25.1 Å². The average Bonchev–Trinajstić information content (AvgIpc) is 2.55. The van der Waals surface area contributed by atoms with E-state index in [2.05, 4.69) is 10.2 Å². The van der Waals surface area contributed by atoms with Crippen LogP contribution in [-0.4, -0.2) is 68.7 Å². The van der Waals surface area contributed by atoms with E-state index in [9.17, 15) is 4.79 Å².